The van der Waals surface area contributed by atoms with Gasteiger partial charge in [-0.15, -0.1) is 0 Å². The lowest BCUT2D eigenvalue weighted by molar-refractivity contribution is -0.438. The van der Waals surface area contributed by atoms with Crippen molar-refractivity contribution in [3.8, 4) is 0 Å². The Balaban J connectivity index is 1.30. The average Bonchev–Trinajstić information content (AvgIpc) is 3.74. The lowest BCUT2D eigenvalue weighted by Crippen LogP contribution is -2.28. The van der Waals surface area contributed by atoms with Crippen LogP contribution in [0.3, 0.4) is 0 Å². The van der Waals surface area contributed by atoms with Crippen molar-refractivity contribution < 1.29 is 31.8 Å². The molecule has 0 spiro atoms. The quantitative estimate of drug-likeness (QED) is 0.0586. The number of fused-ring (bicyclic) bond motifs is 6. The number of benzene rings is 4. The first-order valence-corrected chi connectivity index (χ1v) is 22.9. The van der Waals surface area contributed by atoms with Gasteiger partial charge in [-0.3, -0.25) is 4.55 Å². The van der Waals surface area contributed by atoms with E-state index in [1.165, 1.54) is 38.7 Å². The third-order valence-corrected chi connectivity index (χ3v) is 13.0. The molecule has 7 rings (SSSR count). The minimum Gasteiger partial charge on any atom is -0.431 e. The molecule has 0 fully saturated rings. The Hall–Kier alpha value is -4.99. The van der Waals surface area contributed by atoms with Gasteiger partial charge in [0.05, 0.1) is 17.3 Å². The minimum atomic E-state index is -4.05. The molecule has 0 radical (unpaired) electrons. The molecule has 0 bridgehead atoms. The van der Waals surface area contributed by atoms with Crippen molar-refractivity contribution >= 4 is 54.9 Å². The fraction of sp³-hybridized carbons (Fsp3) is 0.400. The summed E-state index contributed by atoms with van der Waals surface area (Å²) in [7, 11) is -4.05. The molecule has 8 nitrogen and oxygen atoms in total. The van der Waals surface area contributed by atoms with Crippen molar-refractivity contribution in [2.75, 3.05) is 23.7 Å². The number of nitrogens with zero attached hydrogens (tertiary/aromatic N) is 2. The van der Waals surface area contributed by atoms with Crippen LogP contribution in [0.4, 0.5) is 16.2 Å². The average molecular weight is 816 g/mol. The fourth-order valence-electron chi connectivity index (χ4n) is 9.44. The first-order chi connectivity index (χ1) is 28.1. The number of hydrogen-bond acceptors (Lipinski definition) is 6. The molecular formula is C50H59N2O6S+. The summed E-state index contributed by atoms with van der Waals surface area (Å²) in [5.41, 5.74) is 8.36. The van der Waals surface area contributed by atoms with Crippen molar-refractivity contribution in [1.82, 2.24) is 0 Å². The first kappa shape index (κ1) is 42.1. The van der Waals surface area contributed by atoms with Gasteiger partial charge in [-0.25, -0.2) is 4.79 Å². The van der Waals surface area contributed by atoms with Crippen LogP contribution in [-0.2, 0) is 30.4 Å². The lowest BCUT2D eigenvalue weighted by Gasteiger charge is -2.27. The summed E-state index contributed by atoms with van der Waals surface area (Å²) in [6, 6.07) is 25.8. The molecule has 0 saturated heterocycles. The van der Waals surface area contributed by atoms with Crippen molar-refractivity contribution in [2.45, 2.75) is 110 Å². The zero-order valence-electron chi connectivity index (χ0n) is 35.7. The number of allylic oxidation sites excluding steroid dienone is 7. The van der Waals surface area contributed by atoms with Crippen molar-refractivity contribution in [2.24, 2.45) is 0 Å². The molecule has 2 aliphatic heterocycles. The van der Waals surface area contributed by atoms with Gasteiger partial charge in [0, 0.05) is 47.5 Å². The summed E-state index contributed by atoms with van der Waals surface area (Å²) in [6.45, 7) is 16.4. The second-order valence-corrected chi connectivity index (χ2v) is 19.0. The second-order valence-electron chi connectivity index (χ2n) is 17.5. The topological polar surface area (TPSA) is 96.2 Å². The van der Waals surface area contributed by atoms with Gasteiger partial charge in [0.2, 0.25) is 5.69 Å². The van der Waals surface area contributed by atoms with Crippen molar-refractivity contribution in [3.05, 3.63) is 131 Å². The third-order valence-electron chi connectivity index (χ3n) is 12.2. The molecule has 2 heterocycles. The van der Waals surface area contributed by atoms with E-state index < -0.39 is 21.7 Å². The van der Waals surface area contributed by atoms with Crippen LogP contribution in [0.25, 0.3) is 21.5 Å². The van der Waals surface area contributed by atoms with Crippen LogP contribution in [0.5, 0.6) is 0 Å². The summed E-state index contributed by atoms with van der Waals surface area (Å²) in [4.78, 5) is 15.5. The monoisotopic (exact) mass is 815 g/mol. The predicted molar refractivity (Wildman–Crippen MR) is 241 cm³/mol. The fourth-order valence-corrected chi connectivity index (χ4v) is 10.0. The smallest absolute Gasteiger partial charge is 0.431 e. The van der Waals surface area contributed by atoms with Gasteiger partial charge in [0.15, 0.2) is 5.71 Å². The summed E-state index contributed by atoms with van der Waals surface area (Å²) in [6.07, 6.45) is 13.2. The maximum atomic E-state index is 13.2. The van der Waals surface area contributed by atoms with Gasteiger partial charge < -0.3 is 14.4 Å². The van der Waals surface area contributed by atoms with Gasteiger partial charge >= 0.3 is 6.16 Å². The molecule has 1 N–H and O–H groups in total. The van der Waals surface area contributed by atoms with Crippen LogP contribution in [0, 0.1) is 0 Å². The molecule has 3 aliphatic rings. The number of carbonyl (C=O) groups is 1. The largest absolute Gasteiger partial charge is 0.514 e. The Morgan fingerprint density at radius 1 is 0.831 bits per heavy atom. The van der Waals surface area contributed by atoms with E-state index in [4.69, 9.17) is 9.47 Å². The van der Waals surface area contributed by atoms with E-state index in [0.29, 0.717) is 38.0 Å². The SMILES string of the molecule is CCCCC[N+]1=C(/C=C/C2=C(OC(=O)OC(C)C)C(=C/C=C3/N(CCCCS(=O)(=O)O)c4ccc5ccccc5c4C3(C)C)/CC2)C(C)(C)c2c1ccc1ccccc21. The van der Waals surface area contributed by atoms with Crippen molar-refractivity contribution in [1.29, 1.82) is 0 Å². The van der Waals surface area contributed by atoms with Crippen LogP contribution < -0.4 is 4.90 Å². The zero-order chi connectivity index (χ0) is 42.1. The molecular weight excluding hydrogens is 757 g/mol. The highest BCUT2D eigenvalue weighted by Crippen LogP contribution is 2.51. The second kappa shape index (κ2) is 16.9. The van der Waals surface area contributed by atoms with Gasteiger partial charge in [-0.2, -0.15) is 13.0 Å². The van der Waals surface area contributed by atoms with Gasteiger partial charge in [0.1, 0.15) is 12.3 Å². The summed E-state index contributed by atoms with van der Waals surface area (Å²) in [5, 5.41) is 4.84. The lowest BCUT2D eigenvalue weighted by atomic mass is 9.79. The van der Waals surface area contributed by atoms with Crippen LogP contribution in [0.2, 0.25) is 0 Å². The van der Waals surface area contributed by atoms with Gasteiger partial charge in [0.25, 0.3) is 10.1 Å². The number of anilines is 1. The van der Waals surface area contributed by atoms with E-state index in [2.05, 4.69) is 135 Å². The predicted octanol–water partition coefficient (Wildman–Crippen LogP) is 12.0. The molecule has 1 aliphatic carbocycles. The first-order valence-electron chi connectivity index (χ1n) is 21.3. The van der Waals surface area contributed by atoms with E-state index in [0.717, 1.165) is 53.7 Å². The molecule has 0 aromatic heterocycles. The van der Waals surface area contributed by atoms with Crippen LogP contribution in [0.1, 0.15) is 105 Å². The number of rotatable bonds is 14. The third kappa shape index (κ3) is 8.55. The molecule has 0 unspecified atom stereocenters. The van der Waals surface area contributed by atoms with E-state index >= 15 is 0 Å². The molecule has 9 heteroatoms. The Bertz CT molecular complexity index is 2550. The Morgan fingerprint density at radius 3 is 2.19 bits per heavy atom. The van der Waals surface area contributed by atoms with E-state index in [-0.39, 0.29) is 17.3 Å². The summed E-state index contributed by atoms with van der Waals surface area (Å²) < 4.78 is 46.7. The molecule has 4 aromatic carbocycles. The highest BCUT2D eigenvalue weighted by Gasteiger charge is 2.46. The van der Waals surface area contributed by atoms with Gasteiger partial charge in [-0.1, -0.05) is 87.9 Å². The maximum Gasteiger partial charge on any atom is 0.514 e. The normalized spacial score (nSPS) is 18.7. The molecule has 0 amide bonds. The molecule has 0 atom stereocenters. The standard InChI is InChI=1S/C50H58N2O6S/c1-8-9-14-31-51-41-27-23-35-17-10-12-19-39(35)45(41)49(4,5)43(51)29-25-37-21-22-38(47(37)58-48(53)57-34(2)3)26-30-44-50(6,7)46-40-20-13-11-18-36(40)24-28-42(46)52(44)32-15-16-33-59(54,55)56/h10-13,17-20,23-30,34H,8-9,14-16,21-22,31-33H2,1-7H3/p+1. The number of ether oxygens (including phenoxy) is 2. The Morgan fingerprint density at radius 2 is 1.51 bits per heavy atom. The van der Waals surface area contributed by atoms with Crippen LogP contribution >= 0.6 is 0 Å². The highest BCUT2D eigenvalue weighted by molar-refractivity contribution is 7.85. The maximum absolute atomic E-state index is 13.2. The molecule has 59 heavy (non-hydrogen) atoms. The Kier molecular flexibility index (Phi) is 12.1. The number of hydrogen-bond donors (Lipinski definition) is 1. The van der Waals surface area contributed by atoms with Gasteiger partial charge in [-0.05, 0) is 122 Å². The van der Waals surface area contributed by atoms with Crippen molar-refractivity contribution in [3.63, 3.8) is 0 Å². The number of carbonyl (C=O) groups excluding carboxylic acids is 1. The molecule has 310 valence electrons. The molecule has 0 saturated carbocycles. The number of unbranched alkanes of at least 4 members (excludes halogenated alkanes) is 3. The summed E-state index contributed by atoms with van der Waals surface area (Å²) in [5.74, 6) is 0.251. The van der Waals surface area contributed by atoms with Crippen LogP contribution in [-0.4, -0.2) is 54.4 Å². The summed E-state index contributed by atoms with van der Waals surface area (Å²) >= 11 is 0. The van der Waals surface area contributed by atoms with E-state index in [9.17, 15) is 17.8 Å². The zero-order valence-corrected chi connectivity index (χ0v) is 36.5. The minimum absolute atomic E-state index is 0.267. The highest BCUT2D eigenvalue weighted by atomic mass is 32.2. The van der Waals surface area contributed by atoms with E-state index in [1.54, 1.807) is 0 Å². The molecule has 4 aromatic rings. The van der Waals surface area contributed by atoms with E-state index in [1.807, 2.05) is 19.9 Å². The Labute approximate surface area is 350 Å². The van der Waals surface area contributed by atoms with Crippen LogP contribution in [0.15, 0.2) is 120 Å².